The zero-order chi connectivity index (χ0) is 17.3. The molecule has 0 unspecified atom stereocenters. The number of carbonyl (C=O) groups excluding carboxylic acids is 1. The summed E-state index contributed by atoms with van der Waals surface area (Å²) in [5.74, 6) is -1.10. The monoisotopic (exact) mass is 323 g/mol. The van der Waals surface area contributed by atoms with Crippen LogP contribution in [-0.4, -0.2) is 91.5 Å². The van der Waals surface area contributed by atoms with Crippen LogP contribution in [-0.2, 0) is 23.7 Å². The molecule has 0 fully saturated rings. The Kier molecular flexibility index (Phi) is 17.8. The van der Waals surface area contributed by atoms with Crippen LogP contribution in [0.5, 0.6) is 0 Å². The van der Waals surface area contributed by atoms with Crippen LogP contribution in [0.4, 0.5) is 0 Å². The third kappa shape index (κ3) is 27.6. The Balaban J connectivity index is 0. The summed E-state index contributed by atoms with van der Waals surface area (Å²) in [5, 5.41) is 10.0. The summed E-state index contributed by atoms with van der Waals surface area (Å²) in [7, 11) is 8.16. The number of quaternary nitrogens is 1. The van der Waals surface area contributed by atoms with Gasteiger partial charge in [0.2, 0.25) is 0 Å². The van der Waals surface area contributed by atoms with Crippen LogP contribution in [0.3, 0.4) is 0 Å². The van der Waals surface area contributed by atoms with Gasteiger partial charge >= 0.3 is 0 Å². The predicted octanol–water partition coefficient (Wildman–Crippen LogP) is -0.465. The fraction of sp³-hybridized carbons (Fsp3) is 0.933. The van der Waals surface area contributed by atoms with Crippen molar-refractivity contribution in [1.82, 2.24) is 0 Å². The molecular weight excluding hydrogens is 290 g/mol. The van der Waals surface area contributed by atoms with Gasteiger partial charge in [-0.05, 0) is 6.92 Å². The fourth-order valence-electron chi connectivity index (χ4n) is 0.840. The summed E-state index contributed by atoms with van der Waals surface area (Å²) in [6.07, 6.45) is -0.0832. The van der Waals surface area contributed by atoms with Gasteiger partial charge < -0.3 is 33.3 Å². The second kappa shape index (κ2) is 16.6. The number of nitrogens with zero attached hydrogens (tertiary/aromatic N) is 1. The van der Waals surface area contributed by atoms with E-state index in [4.69, 9.17) is 18.9 Å². The number of carbonyl (C=O) groups is 1. The molecule has 0 N–H and O–H groups in total. The van der Waals surface area contributed by atoms with Crippen LogP contribution in [0, 0.1) is 0 Å². The van der Waals surface area contributed by atoms with Crippen LogP contribution in [0.15, 0.2) is 0 Å². The molecule has 0 aromatic carbocycles. The standard InChI is InChI=1S/C10H20O6.C5H14N/c1-13-4-5-15-8-9-16-7-6-14-3-2-10(11)12;1-5-6(2,3)4/h2-9H2,1H3,(H,11,12);5H2,1-4H3/q;+1/p-1. The second-order valence-electron chi connectivity index (χ2n) is 5.56. The molecule has 0 aliphatic rings. The molecule has 0 spiro atoms. The maximum absolute atomic E-state index is 10.0. The Labute approximate surface area is 134 Å². The summed E-state index contributed by atoms with van der Waals surface area (Å²) < 4.78 is 21.2. The van der Waals surface area contributed by atoms with Crippen LogP contribution < -0.4 is 5.11 Å². The van der Waals surface area contributed by atoms with Crippen molar-refractivity contribution < 1.29 is 33.3 Å². The highest BCUT2D eigenvalue weighted by Gasteiger charge is 1.97. The van der Waals surface area contributed by atoms with Crippen molar-refractivity contribution in [3.05, 3.63) is 0 Å². The summed E-state index contributed by atoms with van der Waals surface area (Å²) in [5.41, 5.74) is 0. The number of hydrogen-bond donors (Lipinski definition) is 0. The molecule has 134 valence electrons. The predicted molar refractivity (Wildman–Crippen MR) is 82.5 cm³/mol. The van der Waals surface area contributed by atoms with Crippen molar-refractivity contribution in [3.8, 4) is 0 Å². The zero-order valence-electron chi connectivity index (χ0n) is 14.8. The molecule has 0 heterocycles. The van der Waals surface area contributed by atoms with Crippen molar-refractivity contribution in [1.29, 1.82) is 0 Å². The molecule has 0 saturated carbocycles. The minimum Gasteiger partial charge on any atom is -0.550 e. The molecule has 0 aromatic rings. The summed E-state index contributed by atoms with van der Waals surface area (Å²) in [4.78, 5) is 10.0. The number of rotatable bonds is 13. The highest BCUT2D eigenvalue weighted by atomic mass is 16.6. The molecule has 0 aliphatic carbocycles. The Bertz CT molecular complexity index is 243. The number of aliphatic carboxylic acids is 1. The van der Waals surface area contributed by atoms with Gasteiger partial charge in [0.05, 0.1) is 73.9 Å². The lowest BCUT2D eigenvalue weighted by atomic mass is 10.5. The summed E-state index contributed by atoms with van der Waals surface area (Å²) >= 11 is 0. The van der Waals surface area contributed by atoms with Gasteiger partial charge in [0, 0.05) is 19.5 Å². The van der Waals surface area contributed by atoms with Gasteiger partial charge in [0.25, 0.3) is 0 Å². The van der Waals surface area contributed by atoms with Crippen LogP contribution in [0.2, 0.25) is 0 Å². The van der Waals surface area contributed by atoms with Gasteiger partial charge in [-0.2, -0.15) is 0 Å². The topological polar surface area (TPSA) is 77.0 Å². The normalized spacial score (nSPS) is 11.0. The first-order valence-corrected chi connectivity index (χ1v) is 7.56. The third-order valence-corrected chi connectivity index (χ3v) is 2.58. The molecule has 7 nitrogen and oxygen atoms in total. The Morgan fingerprint density at radius 3 is 1.55 bits per heavy atom. The van der Waals surface area contributed by atoms with E-state index in [0.717, 1.165) is 4.48 Å². The van der Waals surface area contributed by atoms with Crippen LogP contribution in [0.1, 0.15) is 13.3 Å². The lowest BCUT2D eigenvalue weighted by molar-refractivity contribution is -0.868. The van der Waals surface area contributed by atoms with Gasteiger partial charge in [0.1, 0.15) is 0 Å². The van der Waals surface area contributed by atoms with E-state index in [1.165, 1.54) is 6.54 Å². The van der Waals surface area contributed by atoms with E-state index in [1.54, 1.807) is 7.11 Å². The lowest BCUT2D eigenvalue weighted by Gasteiger charge is -2.20. The molecule has 0 atom stereocenters. The average Bonchev–Trinajstić information content (AvgIpc) is 2.44. The zero-order valence-corrected chi connectivity index (χ0v) is 14.8. The van der Waals surface area contributed by atoms with E-state index in [0.29, 0.717) is 39.6 Å². The second-order valence-corrected chi connectivity index (χ2v) is 5.56. The van der Waals surface area contributed by atoms with E-state index < -0.39 is 5.97 Å². The van der Waals surface area contributed by atoms with Crippen molar-refractivity contribution in [2.75, 3.05) is 81.0 Å². The van der Waals surface area contributed by atoms with Gasteiger partial charge in [-0.15, -0.1) is 0 Å². The van der Waals surface area contributed by atoms with Gasteiger partial charge in [-0.3, -0.25) is 0 Å². The smallest absolute Gasteiger partial charge is 0.0751 e. The molecule has 22 heavy (non-hydrogen) atoms. The van der Waals surface area contributed by atoms with E-state index in [2.05, 4.69) is 28.1 Å². The minimum atomic E-state index is -1.10. The van der Waals surface area contributed by atoms with Crippen molar-refractivity contribution in [2.24, 2.45) is 0 Å². The highest BCUT2D eigenvalue weighted by Crippen LogP contribution is 1.84. The van der Waals surface area contributed by atoms with E-state index in [9.17, 15) is 9.90 Å². The lowest BCUT2D eigenvalue weighted by Crippen LogP contribution is -2.33. The van der Waals surface area contributed by atoms with E-state index in [-0.39, 0.29) is 13.0 Å². The first-order valence-electron chi connectivity index (χ1n) is 7.56. The number of ether oxygens (including phenoxy) is 4. The number of carboxylic acid groups (broad SMARTS) is 1. The van der Waals surface area contributed by atoms with E-state index in [1.807, 2.05) is 0 Å². The van der Waals surface area contributed by atoms with Crippen molar-refractivity contribution in [2.45, 2.75) is 13.3 Å². The number of hydrogen-bond acceptors (Lipinski definition) is 6. The van der Waals surface area contributed by atoms with Gasteiger partial charge in [0.15, 0.2) is 0 Å². The van der Waals surface area contributed by atoms with E-state index >= 15 is 0 Å². The molecule has 0 radical (unpaired) electrons. The molecule has 0 amide bonds. The Morgan fingerprint density at radius 1 is 0.864 bits per heavy atom. The van der Waals surface area contributed by atoms with Crippen LogP contribution in [0.25, 0.3) is 0 Å². The molecule has 0 rings (SSSR count). The largest absolute Gasteiger partial charge is 0.550 e. The molecular formula is C15H33NO6. The highest BCUT2D eigenvalue weighted by molar-refractivity contribution is 5.64. The Hall–Kier alpha value is -0.730. The van der Waals surface area contributed by atoms with Crippen molar-refractivity contribution in [3.63, 3.8) is 0 Å². The molecule has 0 aromatic heterocycles. The third-order valence-electron chi connectivity index (χ3n) is 2.58. The molecule has 0 bridgehead atoms. The fourth-order valence-corrected chi connectivity index (χ4v) is 0.840. The summed E-state index contributed by atoms with van der Waals surface area (Å²) in [6.45, 7) is 6.51. The minimum absolute atomic E-state index is 0.0832. The molecule has 0 saturated heterocycles. The summed E-state index contributed by atoms with van der Waals surface area (Å²) in [6, 6.07) is 0. The Morgan fingerprint density at radius 2 is 1.23 bits per heavy atom. The van der Waals surface area contributed by atoms with Gasteiger partial charge in [-0.25, -0.2) is 0 Å². The maximum atomic E-state index is 10.0. The van der Waals surface area contributed by atoms with Crippen LogP contribution >= 0.6 is 0 Å². The first-order chi connectivity index (χ1) is 10.3. The van der Waals surface area contributed by atoms with Crippen molar-refractivity contribution >= 4 is 5.97 Å². The SMILES string of the molecule is CC[N+](C)(C)C.COCCOCCOCCOCCC(=O)[O-]. The van der Waals surface area contributed by atoms with Gasteiger partial charge in [-0.1, -0.05) is 0 Å². The number of methoxy groups -OCH3 is 1. The number of carboxylic acids is 1. The average molecular weight is 323 g/mol. The maximum Gasteiger partial charge on any atom is 0.0751 e. The molecule has 0 aliphatic heterocycles. The molecule has 7 heteroatoms. The quantitative estimate of drug-likeness (QED) is 0.337. The first kappa shape index (κ1) is 23.5.